The molecule has 0 radical (unpaired) electrons. The van der Waals surface area contributed by atoms with Gasteiger partial charge in [-0.3, -0.25) is 4.18 Å². The number of aromatic nitrogens is 6. The standard InChI is InChI=1S/C42H39ClN6O3S/c1-3-4-24-39-44-40(43)38(30-52-53(2,50)51)48(39)29-31-25-27-32(28-26-31)36-22-14-15-23-37(36)41-45-46-47-49(41)42(33-16-8-5-9-17-33,34-18-10-6-11-19-34)35-20-12-7-13-21-35/h5-23,25-28H,3-4,24,29-30H2,1-2H3. The summed E-state index contributed by atoms with van der Waals surface area (Å²) in [7, 11) is -3.67. The Morgan fingerprint density at radius 3 is 1.83 bits per heavy atom. The Morgan fingerprint density at radius 1 is 0.736 bits per heavy atom. The minimum atomic E-state index is -3.67. The van der Waals surface area contributed by atoms with Crippen molar-refractivity contribution >= 4 is 21.7 Å². The van der Waals surface area contributed by atoms with Crippen LogP contribution in [0.25, 0.3) is 22.5 Å². The van der Waals surface area contributed by atoms with Gasteiger partial charge in [-0.1, -0.05) is 164 Å². The van der Waals surface area contributed by atoms with Gasteiger partial charge in [-0.15, -0.1) is 5.10 Å². The highest BCUT2D eigenvalue weighted by Crippen LogP contribution is 2.43. The van der Waals surface area contributed by atoms with E-state index in [1.165, 1.54) is 0 Å². The van der Waals surface area contributed by atoms with Crippen LogP contribution in [0.1, 0.15) is 53.5 Å². The first kappa shape index (κ1) is 36.0. The predicted molar refractivity (Wildman–Crippen MR) is 208 cm³/mol. The summed E-state index contributed by atoms with van der Waals surface area (Å²) >= 11 is 6.53. The molecule has 0 saturated heterocycles. The highest BCUT2D eigenvalue weighted by Gasteiger charge is 2.42. The Bertz CT molecular complexity index is 2300. The van der Waals surface area contributed by atoms with Gasteiger partial charge in [0.2, 0.25) is 0 Å². The van der Waals surface area contributed by atoms with Crippen LogP contribution in [0.3, 0.4) is 0 Å². The van der Waals surface area contributed by atoms with E-state index in [-0.39, 0.29) is 11.8 Å². The molecule has 2 aromatic heterocycles. The molecule has 0 aliphatic rings. The Balaban J connectivity index is 1.31. The van der Waals surface area contributed by atoms with Crippen LogP contribution in [0.5, 0.6) is 0 Å². The van der Waals surface area contributed by atoms with Crippen LogP contribution < -0.4 is 0 Å². The third kappa shape index (κ3) is 7.44. The summed E-state index contributed by atoms with van der Waals surface area (Å²) in [6.07, 6.45) is 3.65. The van der Waals surface area contributed by atoms with Gasteiger partial charge in [-0.2, -0.15) is 8.42 Å². The summed E-state index contributed by atoms with van der Waals surface area (Å²) in [5.74, 6) is 1.41. The molecule has 0 fully saturated rings. The SMILES string of the molecule is CCCCc1nc(Cl)c(COS(C)(=O)=O)n1Cc1ccc(-c2ccccc2-c2nnnn2C(c2ccccc2)(c2ccccc2)c2ccccc2)cc1. The van der Waals surface area contributed by atoms with Gasteiger partial charge in [-0.05, 0) is 50.2 Å². The molecule has 7 aromatic rings. The maximum Gasteiger partial charge on any atom is 0.264 e. The molecule has 9 nitrogen and oxygen atoms in total. The second-order valence-electron chi connectivity index (χ2n) is 12.9. The zero-order chi connectivity index (χ0) is 36.8. The number of imidazole rings is 1. The molecular formula is C42H39ClN6O3S. The highest BCUT2D eigenvalue weighted by atomic mass is 35.5. The number of unbranched alkanes of at least 4 members (excludes halogenated alkanes) is 1. The van der Waals surface area contributed by atoms with Crippen molar-refractivity contribution < 1.29 is 12.6 Å². The van der Waals surface area contributed by atoms with E-state index in [1.807, 2.05) is 76.0 Å². The normalized spacial score (nSPS) is 11.9. The van der Waals surface area contributed by atoms with E-state index < -0.39 is 15.7 Å². The van der Waals surface area contributed by atoms with E-state index in [1.54, 1.807) is 0 Å². The molecule has 53 heavy (non-hydrogen) atoms. The second kappa shape index (κ2) is 15.7. The molecule has 0 aliphatic carbocycles. The summed E-state index contributed by atoms with van der Waals surface area (Å²) in [5, 5.41) is 14.0. The predicted octanol–water partition coefficient (Wildman–Crippen LogP) is 8.56. The average Bonchev–Trinajstić information content (AvgIpc) is 3.79. The third-order valence-electron chi connectivity index (χ3n) is 9.40. The van der Waals surface area contributed by atoms with Crippen molar-refractivity contribution in [2.45, 2.75) is 44.9 Å². The summed E-state index contributed by atoms with van der Waals surface area (Å²) in [6.45, 7) is 2.38. The first-order chi connectivity index (χ1) is 25.8. The molecule has 0 amide bonds. The lowest BCUT2D eigenvalue weighted by molar-refractivity contribution is 0.301. The fourth-order valence-corrected chi connectivity index (χ4v) is 7.49. The van der Waals surface area contributed by atoms with Gasteiger partial charge in [0.25, 0.3) is 10.1 Å². The number of halogens is 1. The molecule has 11 heteroatoms. The summed E-state index contributed by atoms with van der Waals surface area (Å²) in [4.78, 5) is 4.58. The van der Waals surface area contributed by atoms with Gasteiger partial charge in [0, 0.05) is 18.5 Å². The lowest BCUT2D eigenvalue weighted by atomic mass is 9.77. The molecule has 0 saturated carbocycles. The fraction of sp³-hybridized carbons (Fsp3) is 0.190. The average molecular weight is 743 g/mol. The van der Waals surface area contributed by atoms with Crippen molar-refractivity contribution in [3.05, 3.63) is 178 Å². The maximum atomic E-state index is 11.8. The smallest absolute Gasteiger partial charge is 0.264 e. The maximum absolute atomic E-state index is 11.8. The van der Waals surface area contributed by atoms with E-state index in [9.17, 15) is 8.42 Å². The molecule has 0 unspecified atom stereocenters. The first-order valence-corrected chi connectivity index (χ1v) is 19.7. The van der Waals surface area contributed by atoms with Gasteiger partial charge >= 0.3 is 0 Å². The van der Waals surface area contributed by atoms with Crippen LogP contribution in [0.2, 0.25) is 5.15 Å². The minimum absolute atomic E-state index is 0.187. The topological polar surface area (TPSA) is 105 Å². The van der Waals surface area contributed by atoms with Gasteiger partial charge in [0.1, 0.15) is 18.0 Å². The molecule has 0 bridgehead atoms. The molecule has 0 N–H and O–H groups in total. The Morgan fingerprint density at radius 2 is 1.28 bits per heavy atom. The molecule has 2 heterocycles. The molecule has 268 valence electrons. The number of aryl methyl sites for hydroxylation is 1. The molecular weight excluding hydrogens is 704 g/mol. The van der Waals surface area contributed by atoms with Crippen molar-refractivity contribution in [1.29, 1.82) is 0 Å². The Labute approximate surface area is 315 Å². The molecule has 0 spiro atoms. The van der Waals surface area contributed by atoms with Crippen LogP contribution in [0.15, 0.2) is 140 Å². The van der Waals surface area contributed by atoms with Crippen LogP contribution >= 0.6 is 11.6 Å². The van der Waals surface area contributed by atoms with Crippen molar-refractivity contribution in [3.8, 4) is 22.5 Å². The Kier molecular flexibility index (Phi) is 10.6. The molecule has 5 aromatic carbocycles. The lowest BCUT2D eigenvalue weighted by Crippen LogP contribution is -2.39. The van der Waals surface area contributed by atoms with Crippen molar-refractivity contribution in [3.63, 3.8) is 0 Å². The van der Waals surface area contributed by atoms with E-state index in [0.717, 1.165) is 63.9 Å². The van der Waals surface area contributed by atoms with Gasteiger partial charge in [0.15, 0.2) is 11.0 Å². The number of hydrogen-bond donors (Lipinski definition) is 0. The van der Waals surface area contributed by atoms with Crippen molar-refractivity contribution in [2.75, 3.05) is 6.26 Å². The monoisotopic (exact) mass is 742 g/mol. The second-order valence-corrected chi connectivity index (χ2v) is 14.9. The number of benzene rings is 5. The lowest BCUT2D eigenvalue weighted by Gasteiger charge is -2.36. The number of nitrogens with zero attached hydrogens (tertiary/aromatic N) is 6. The number of tetrazole rings is 1. The fourth-order valence-electron chi connectivity index (χ4n) is 6.91. The zero-order valence-electron chi connectivity index (χ0n) is 29.5. The molecule has 0 aliphatic heterocycles. The van der Waals surface area contributed by atoms with Crippen LogP contribution in [0.4, 0.5) is 0 Å². The van der Waals surface area contributed by atoms with Gasteiger partial charge in [-0.25, -0.2) is 9.67 Å². The minimum Gasteiger partial charge on any atom is -0.324 e. The summed E-state index contributed by atoms with van der Waals surface area (Å²) in [6, 6.07) is 47.5. The van der Waals surface area contributed by atoms with E-state index in [0.29, 0.717) is 24.5 Å². The van der Waals surface area contributed by atoms with Crippen LogP contribution in [-0.4, -0.2) is 44.4 Å². The summed E-state index contributed by atoms with van der Waals surface area (Å²) in [5.41, 5.74) is 6.53. The number of hydrogen-bond acceptors (Lipinski definition) is 7. The third-order valence-corrected chi connectivity index (χ3v) is 10.3. The largest absolute Gasteiger partial charge is 0.324 e. The Hall–Kier alpha value is -5.42. The highest BCUT2D eigenvalue weighted by molar-refractivity contribution is 7.85. The van der Waals surface area contributed by atoms with E-state index >= 15 is 0 Å². The molecule has 7 rings (SSSR count). The van der Waals surface area contributed by atoms with Crippen LogP contribution in [0, 0.1) is 0 Å². The van der Waals surface area contributed by atoms with Crippen molar-refractivity contribution in [2.24, 2.45) is 0 Å². The van der Waals surface area contributed by atoms with E-state index in [4.69, 9.17) is 26.1 Å². The summed E-state index contributed by atoms with van der Waals surface area (Å²) < 4.78 is 32.7. The number of rotatable bonds is 14. The van der Waals surface area contributed by atoms with Gasteiger partial charge < -0.3 is 4.57 Å². The van der Waals surface area contributed by atoms with Gasteiger partial charge in [0.05, 0.1) is 11.9 Å². The quantitative estimate of drug-likeness (QED) is 0.0812. The van der Waals surface area contributed by atoms with Crippen molar-refractivity contribution in [1.82, 2.24) is 29.8 Å². The van der Waals surface area contributed by atoms with E-state index in [2.05, 4.69) is 89.9 Å². The van der Waals surface area contributed by atoms with Crippen LogP contribution in [-0.2, 0) is 39.4 Å². The first-order valence-electron chi connectivity index (χ1n) is 17.5. The molecule has 0 atom stereocenters. The zero-order valence-corrected chi connectivity index (χ0v) is 31.1.